The summed E-state index contributed by atoms with van der Waals surface area (Å²) in [5.41, 5.74) is -0.678. The standard InChI is InChI=1S/C42H52BrN5O8S/c1-9-24-17-42(24,37(52)53)19-30(49)29-18-41(8,21-48(29)36(51)34(40(5,6)7)46-39(54)55-25-12-10-11-13-25)56-31-16-27(44-33-26(31)15-14-23(4)32(33)43)28-20-57-38(45-28)47-35(50)22(2)3/h9,14-16,20,22,24-25,29,34H,1,10-13,17-19,21H2,2-8H3,(H,46,54)(H,52,53)(H,45,47,50)/t24-,29+,34-,41-,42-/m1/s1. The van der Waals surface area contributed by atoms with Gasteiger partial charge in [-0.05, 0) is 84.8 Å². The molecule has 6 rings (SSSR count). The van der Waals surface area contributed by atoms with Gasteiger partial charge >= 0.3 is 12.1 Å². The minimum absolute atomic E-state index is 0.0343. The van der Waals surface area contributed by atoms with Crippen molar-refractivity contribution in [1.29, 1.82) is 0 Å². The molecule has 3 aromatic rings. The molecule has 2 aromatic heterocycles. The molecule has 13 nitrogen and oxygen atoms in total. The normalized spacial score (nSPS) is 24.0. The second-order valence-electron chi connectivity index (χ2n) is 17.4. The molecule has 15 heteroatoms. The predicted octanol–water partition coefficient (Wildman–Crippen LogP) is 8.08. The lowest BCUT2D eigenvalue weighted by atomic mass is 9.85. The number of nitrogens with one attached hydrogen (secondary N) is 2. The van der Waals surface area contributed by atoms with E-state index in [-0.39, 0.29) is 49.7 Å². The van der Waals surface area contributed by atoms with E-state index < -0.39 is 52.3 Å². The van der Waals surface area contributed by atoms with Crippen LogP contribution < -0.4 is 15.4 Å². The Kier molecular flexibility index (Phi) is 11.9. The smallest absolute Gasteiger partial charge is 0.408 e. The second kappa shape index (κ2) is 16.1. The highest BCUT2D eigenvalue weighted by atomic mass is 79.9. The molecule has 3 amide bonds. The summed E-state index contributed by atoms with van der Waals surface area (Å²) in [5, 5.41) is 18.8. The van der Waals surface area contributed by atoms with Gasteiger partial charge in [-0.15, -0.1) is 17.9 Å². The number of aryl methyl sites for hydroxylation is 1. The Morgan fingerprint density at radius 2 is 1.82 bits per heavy atom. The maximum atomic E-state index is 14.8. The topological polar surface area (TPSA) is 177 Å². The number of likely N-dealkylation sites (tertiary alicyclic amines) is 1. The zero-order chi connectivity index (χ0) is 41.6. The molecule has 2 saturated carbocycles. The first kappa shape index (κ1) is 42.2. The number of aliphatic carboxylic acids is 1. The number of hydrogen-bond acceptors (Lipinski definition) is 10. The van der Waals surface area contributed by atoms with Gasteiger partial charge in [0.25, 0.3) is 0 Å². The molecule has 0 spiro atoms. The van der Waals surface area contributed by atoms with Crippen molar-refractivity contribution in [2.45, 2.75) is 117 Å². The Labute approximate surface area is 345 Å². The molecule has 0 bridgehead atoms. The third kappa shape index (κ3) is 8.89. The van der Waals surface area contributed by atoms with Crippen LogP contribution in [0.15, 0.2) is 40.7 Å². The SMILES string of the molecule is C=C[C@@H]1C[C@]1(CC(=O)[C@@H]1C[C@@](C)(Oc2cc(-c3csc(NC(=O)C(C)C)n3)nc3c(Br)c(C)ccc23)CN1C(=O)[C@@H](NC(=O)OC1CCCC1)C(C)(C)C)C(=O)O. The van der Waals surface area contributed by atoms with Gasteiger partial charge in [-0.2, -0.15) is 0 Å². The lowest BCUT2D eigenvalue weighted by Crippen LogP contribution is -2.57. The maximum Gasteiger partial charge on any atom is 0.408 e. The van der Waals surface area contributed by atoms with E-state index in [0.29, 0.717) is 33.2 Å². The third-order valence-electron chi connectivity index (χ3n) is 11.4. The van der Waals surface area contributed by atoms with Gasteiger partial charge in [-0.25, -0.2) is 14.8 Å². The number of hydrogen-bond donors (Lipinski definition) is 3. The van der Waals surface area contributed by atoms with Crippen LogP contribution in [-0.4, -0.2) is 80.0 Å². The number of carbonyl (C=O) groups excluding carboxylic acids is 4. The molecule has 0 unspecified atom stereocenters. The highest BCUT2D eigenvalue weighted by molar-refractivity contribution is 9.10. The lowest BCUT2D eigenvalue weighted by molar-refractivity contribution is -0.147. The fourth-order valence-corrected chi connectivity index (χ4v) is 9.02. The van der Waals surface area contributed by atoms with Gasteiger partial charge < -0.3 is 30.1 Å². The molecular formula is C42H52BrN5O8S. The number of amides is 3. The fraction of sp³-hybridized carbons (Fsp3) is 0.548. The molecule has 3 fully saturated rings. The zero-order valence-electron chi connectivity index (χ0n) is 33.6. The summed E-state index contributed by atoms with van der Waals surface area (Å²) in [6, 6.07) is 3.48. The molecule has 3 N–H and O–H groups in total. The summed E-state index contributed by atoms with van der Waals surface area (Å²) in [4.78, 5) is 78.3. The number of aromatic nitrogens is 2. The molecule has 3 heterocycles. The van der Waals surface area contributed by atoms with Gasteiger partial charge in [0.15, 0.2) is 10.9 Å². The molecule has 5 atom stereocenters. The van der Waals surface area contributed by atoms with Crippen molar-refractivity contribution in [2.24, 2.45) is 22.7 Å². The quantitative estimate of drug-likeness (QED) is 0.142. The number of Topliss-reactive ketones (excluding diaryl/α,β-unsaturated/α-hetero) is 1. The number of rotatable bonds is 13. The highest BCUT2D eigenvalue weighted by Crippen LogP contribution is 2.57. The average molecular weight is 867 g/mol. The molecule has 2 aliphatic carbocycles. The number of fused-ring (bicyclic) bond motifs is 1. The summed E-state index contributed by atoms with van der Waals surface area (Å²) in [6.45, 7) is 16.6. The number of ether oxygens (including phenoxy) is 2. The number of ketones is 1. The van der Waals surface area contributed by atoms with Gasteiger partial charge in [0, 0.05) is 40.1 Å². The number of carboxylic acid groups (broad SMARTS) is 1. The number of carbonyl (C=O) groups is 5. The number of carboxylic acids is 1. The first-order valence-corrected chi connectivity index (χ1v) is 21.1. The number of allylic oxidation sites excluding steroid dienone is 1. The van der Waals surface area contributed by atoms with E-state index in [1.54, 1.807) is 31.4 Å². The van der Waals surface area contributed by atoms with E-state index in [2.05, 4.69) is 38.1 Å². The monoisotopic (exact) mass is 865 g/mol. The number of anilines is 1. The zero-order valence-corrected chi connectivity index (χ0v) is 36.0. The molecule has 3 aliphatic rings. The van der Waals surface area contributed by atoms with Crippen molar-refractivity contribution < 1.29 is 38.6 Å². The van der Waals surface area contributed by atoms with Crippen molar-refractivity contribution in [1.82, 2.24) is 20.2 Å². The summed E-state index contributed by atoms with van der Waals surface area (Å²) < 4.78 is 13.4. The first-order chi connectivity index (χ1) is 26.7. The van der Waals surface area contributed by atoms with Crippen LogP contribution in [0.4, 0.5) is 9.93 Å². The van der Waals surface area contributed by atoms with Gasteiger partial charge in [0.1, 0.15) is 29.2 Å². The summed E-state index contributed by atoms with van der Waals surface area (Å²) in [6.07, 6.45) is 4.16. The Bertz CT molecular complexity index is 2110. The molecule has 1 saturated heterocycles. The van der Waals surface area contributed by atoms with Crippen LogP contribution in [0.2, 0.25) is 0 Å². The number of benzene rings is 1. The van der Waals surface area contributed by atoms with Crippen molar-refractivity contribution in [3.63, 3.8) is 0 Å². The van der Waals surface area contributed by atoms with Gasteiger partial charge in [-0.3, -0.25) is 19.2 Å². The van der Waals surface area contributed by atoms with E-state index in [0.717, 1.165) is 35.7 Å². The Balaban J connectivity index is 1.36. The number of nitrogens with zero attached hydrogens (tertiary/aromatic N) is 3. The van der Waals surface area contributed by atoms with Crippen molar-refractivity contribution in [3.8, 4) is 17.1 Å². The molecule has 1 aromatic carbocycles. The molecule has 306 valence electrons. The third-order valence-corrected chi connectivity index (χ3v) is 13.2. The van der Waals surface area contributed by atoms with Gasteiger partial charge in [-0.1, -0.05) is 46.8 Å². The van der Waals surface area contributed by atoms with Crippen LogP contribution in [0, 0.1) is 29.6 Å². The summed E-state index contributed by atoms with van der Waals surface area (Å²) in [5.74, 6) is -2.30. The van der Waals surface area contributed by atoms with Crippen LogP contribution >= 0.6 is 27.3 Å². The number of halogens is 1. The Hall–Kier alpha value is -4.37. The average Bonchev–Trinajstić information content (AvgIpc) is 3.50. The van der Waals surface area contributed by atoms with Gasteiger partial charge in [0.2, 0.25) is 11.8 Å². The van der Waals surface area contributed by atoms with Crippen molar-refractivity contribution in [3.05, 3.63) is 46.3 Å². The number of thiazole rings is 1. The highest BCUT2D eigenvalue weighted by Gasteiger charge is 2.61. The minimum Gasteiger partial charge on any atom is -0.485 e. The van der Waals surface area contributed by atoms with E-state index in [4.69, 9.17) is 14.5 Å². The summed E-state index contributed by atoms with van der Waals surface area (Å²) >= 11 is 4.98. The van der Waals surface area contributed by atoms with E-state index in [1.165, 1.54) is 16.2 Å². The van der Waals surface area contributed by atoms with Crippen LogP contribution in [0.5, 0.6) is 5.75 Å². The molecule has 57 heavy (non-hydrogen) atoms. The van der Waals surface area contributed by atoms with Crippen LogP contribution in [0.1, 0.15) is 92.1 Å². The molecule has 0 radical (unpaired) electrons. The summed E-state index contributed by atoms with van der Waals surface area (Å²) in [7, 11) is 0. The molecular weight excluding hydrogens is 814 g/mol. The van der Waals surface area contributed by atoms with Gasteiger partial charge in [0.05, 0.1) is 29.2 Å². The van der Waals surface area contributed by atoms with Crippen molar-refractivity contribution in [2.75, 3.05) is 11.9 Å². The predicted molar refractivity (Wildman–Crippen MR) is 221 cm³/mol. The lowest BCUT2D eigenvalue weighted by Gasteiger charge is -2.35. The number of pyridine rings is 1. The van der Waals surface area contributed by atoms with Crippen LogP contribution in [0.25, 0.3) is 22.3 Å². The largest absolute Gasteiger partial charge is 0.485 e. The Morgan fingerprint density at radius 1 is 1.12 bits per heavy atom. The van der Waals surface area contributed by atoms with E-state index in [1.807, 2.05) is 46.8 Å². The van der Waals surface area contributed by atoms with E-state index >= 15 is 0 Å². The van der Waals surface area contributed by atoms with Crippen LogP contribution in [0.3, 0.4) is 0 Å². The fourth-order valence-electron chi connectivity index (χ4n) is 7.88. The number of alkyl carbamates (subject to hydrolysis) is 1. The minimum atomic E-state index is -1.29. The van der Waals surface area contributed by atoms with E-state index in [9.17, 15) is 29.1 Å². The first-order valence-electron chi connectivity index (χ1n) is 19.5. The maximum absolute atomic E-state index is 14.8. The molecule has 1 aliphatic heterocycles. The van der Waals surface area contributed by atoms with Crippen LogP contribution in [-0.2, 0) is 23.9 Å². The van der Waals surface area contributed by atoms with Crippen molar-refractivity contribution >= 4 is 73.0 Å². The Morgan fingerprint density at radius 3 is 2.44 bits per heavy atom. The second-order valence-corrected chi connectivity index (χ2v) is 19.1.